The minimum atomic E-state index is -0.433. The van der Waals surface area contributed by atoms with Gasteiger partial charge in [0, 0.05) is 30.9 Å². The maximum absolute atomic E-state index is 12.2. The van der Waals surface area contributed by atoms with E-state index in [1.54, 1.807) is 4.90 Å². The van der Waals surface area contributed by atoms with E-state index in [1.807, 2.05) is 46.4 Å². The minimum Gasteiger partial charge on any atom is -0.444 e. The van der Waals surface area contributed by atoms with Crippen LogP contribution in [0.5, 0.6) is 0 Å². The summed E-state index contributed by atoms with van der Waals surface area (Å²) in [6.45, 7) is 11.3. The fraction of sp³-hybridized carbons (Fsp3) is 0.933. The number of thioether (sulfide) groups is 1. The molecule has 1 saturated heterocycles. The Morgan fingerprint density at radius 3 is 2.65 bits per heavy atom. The summed E-state index contributed by atoms with van der Waals surface area (Å²) >= 11 is 2.01. The molecule has 1 aliphatic heterocycles. The maximum atomic E-state index is 12.2. The summed E-state index contributed by atoms with van der Waals surface area (Å²) in [6.07, 6.45) is 2.33. The Hall–Kier alpha value is -0.420. The lowest BCUT2D eigenvalue weighted by atomic mass is 10.2. The van der Waals surface area contributed by atoms with Gasteiger partial charge in [0.2, 0.25) is 0 Å². The van der Waals surface area contributed by atoms with Gasteiger partial charge in [-0.1, -0.05) is 0 Å². The molecule has 1 N–H and O–H groups in total. The first-order valence-corrected chi connectivity index (χ1v) is 8.76. The Morgan fingerprint density at radius 2 is 2.15 bits per heavy atom. The Kier molecular flexibility index (Phi) is 7.17. The predicted molar refractivity (Wildman–Crippen MR) is 86.4 cm³/mol. The van der Waals surface area contributed by atoms with Gasteiger partial charge in [-0.15, -0.1) is 0 Å². The summed E-state index contributed by atoms with van der Waals surface area (Å²) < 4.78 is 5.46. The first kappa shape index (κ1) is 17.6. The molecule has 1 atom stereocenters. The fourth-order valence-corrected chi connectivity index (χ4v) is 3.28. The first-order chi connectivity index (χ1) is 9.29. The van der Waals surface area contributed by atoms with Crippen molar-refractivity contribution in [3.63, 3.8) is 0 Å². The van der Waals surface area contributed by atoms with Crippen LogP contribution in [-0.2, 0) is 4.74 Å². The molecule has 0 bridgehead atoms. The quantitative estimate of drug-likeness (QED) is 0.847. The van der Waals surface area contributed by atoms with Crippen molar-refractivity contribution in [2.75, 3.05) is 24.6 Å². The van der Waals surface area contributed by atoms with Crippen LogP contribution in [0.1, 0.15) is 47.5 Å². The first-order valence-electron chi connectivity index (χ1n) is 7.60. The SMILES string of the molecule is CC(C)N(CCNC1CCCSC1)C(=O)OC(C)(C)C. The molecule has 1 aliphatic rings. The third kappa shape index (κ3) is 6.84. The summed E-state index contributed by atoms with van der Waals surface area (Å²) in [6, 6.07) is 0.758. The highest BCUT2D eigenvalue weighted by Gasteiger charge is 2.24. The second kappa shape index (κ2) is 8.13. The van der Waals surface area contributed by atoms with Gasteiger partial charge in [0.1, 0.15) is 5.60 Å². The lowest BCUT2D eigenvalue weighted by Crippen LogP contribution is -2.46. The van der Waals surface area contributed by atoms with E-state index in [0.717, 1.165) is 6.54 Å². The number of ether oxygens (including phenoxy) is 1. The molecule has 4 nitrogen and oxygen atoms in total. The molecular weight excluding hydrogens is 272 g/mol. The van der Waals surface area contributed by atoms with E-state index in [1.165, 1.54) is 24.3 Å². The molecule has 0 aromatic heterocycles. The van der Waals surface area contributed by atoms with E-state index in [4.69, 9.17) is 4.74 Å². The van der Waals surface area contributed by atoms with Crippen molar-refractivity contribution in [2.45, 2.75) is 65.1 Å². The van der Waals surface area contributed by atoms with Gasteiger partial charge in [0.15, 0.2) is 0 Å². The Balaban J connectivity index is 2.36. The van der Waals surface area contributed by atoms with Crippen molar-refractivity contribution >= 4 is 17.9 Å². The van der Waals surface area contributed by atoms with Crippen molar-refractivity contribution in [2.24, 2.45) is 0 Å². The van der Waals surface area contributed by atoms with Gasteiger partial charge in [0.25, 0.3) is 0 Å². The zero-order valence-electron chi connectivity index (χ0n) is 13.6. The van der Waals surface area contributed by atoms with Crippen LogP contribution < -0.4 is 5.32 Å². The molecule has 1 amide bonds. The number of nitrogens with zero attached hydrogens (tertiary/aromatic N) is 1. The zero-order chi connectivity index (χ0) is 15.2. The third-order valence-electron chi connectivity index (χ3n) is 3.20. The monoisotopic (exact) mass is 302 g/mol. The molecule has 1 fully saturated rings. The number of amides is 1. The van der Waals surface area contributed by atoms with Crippen LogP contribution in [0, 0.1) is 0 Å². The van der Waals surface area contributed by atoms with Crippen molar-refractivity contribution in [1.82, 2.24) is 10.2 Å². The lowest BCUT2D eigenvalue weighted by molar-refractivity contribution is 0.0192. The average Bonchev–Trinajstić information content (AvgIpc) is 2.33. The van der Waals surface area contributed by atoms with Crippen LogP contribution in [0.3, 0.4) is 0 Å². The maximum Gasteiger partial charge on any atom is 0.410 e. The normalized spacial score (nSPS) is 20.0. The van der Waals surface area contributed by atoms with E-state index in [-0.39, 0.29) is 12.1 Å². The molecule has 5 heteroatoms. The number of carbonyl (C=O) groups is 1. The molecule has 20 heavy (non-hydrogen) atoms. The number of carbonyl (C=O) groups excluding carboxylic acids is 1. The molecule has 1 rings (SSSR count). The molecule has 1 heterocycles. The molecule has 1 unspecified atom stereocenters. The molecular formula is C15H30N2O2S. The van der Waals surface area contributed by atoms with Gasteiger partial charge >= 0.3 is 6.09 Å². The van der Waals surface area contributed by atoms with Gasteiger partial charge in [-0.25, -0.2) is 4.79 Å². The number of hydrogen-bond donors (Lipinski definition) is 1. The van der Waals surface area contributed by atoms with Gasteiger partial charge < -0.3 is 15.0 Å². The number of rotatable bonds is 5. The van der Waals surface area contributed by atoms with E-state index < -0.39 is 5.60 Å². The highest BCUT2D eigenvalue weighted by Crippen LogP contribution is 2.17. The van der Waals surface area contributed by atoms with Crippen molar-refractivity contribution < 1.29 is 9.53 Å². The van der Waals surface area contributed by atoms with Crippen molar-refractivity contribution in [1.29, 1.82) is 0 Å². The predicted octanol–water partition coefficient (Wildman–Crippen LogP) is 3.12. The highest BCUT2D eigenvalue weighted by molar-refractivity contribution is 7.99. The van der Waals surface area contributed by atoms with E-state index in [0.29, 0.717) is 12.6 Å². The topological polar surface area (TPSA) is 41.6 Å². The van der Waals surface area contributed by atoms with E-state index >= 15 is 0 Å². The summed E-state index contributed by atoms with van der Waals surface area (Å²) in [5.41, 5.74) is -0.433. The molecule has 118 valence electrons. The second-order valence-electron chi connectivity index (χ2n) is 6.64. The van der Waals surface area contributed by atoms with Gasteiger partial charge in [-0.3, -0.25) is 0 Å². The molecule has 0 spiro atoms. The Labute approximate surface area is 128 Å². The van der Waals surface area contributed by atoms with Crippen LogP contribution >= 0.6 is 11.8 Å². The molecule has 0 radical (unpaired) electrons. The molecule has 0 aliphatic carbocycles. The Morgan fingerprint density at radius 1 is 1.45 bits per heavy atom. The lowest BCUT2D eigenvalue weighted by Gasteiger charge is -2.31. The van der Waals surface area contributed by atoms with Crippen molar-refractivity contribution in [3.8, 4) is 0 Å². The fourth-order valence-electron chi connectivity index (χ4n) is 2.17. The number of nitrogens with one attached hydrogen (secondary N) is 1. The third-order valence-corrected chi connectivity index (χ3v) is 4.41. The van der Waals surface area contributed by atoms with Crippen LogP contribution in [0.4, 0.5) is 4.79 Å². The minimum absolute atomic E-state index is 0.160. The van der Waals surface area contributed by atoms with Crippen molar-refractivity contribution in [3.05, 3.63) is 0 Å². The second-order valence-corrected chi connectivity index (χ2v) is 7.79. The summed E-state index contributed by atoms with van der Waals surface area (Å²) in [7, 11) is 0. The summed E-state index contributed by atoms with van der Waals surface area (Å²) in [5, 5.41) is 3.55. The van der Waals surface area contributed by atoms with E-state index in [9.17, 15) is 4.79 Å². The summed E-state index contributed by atoms with van der Waals surface area (Å²) in [4.78, 5) is 14.0. The zero-order valence-corrected chi connectivity index (χ0v) is 14.4. The Bertz CT molecular complexity index is 297. The standard InChI is InChI=1S/C15H30N2O2S/c1-12(2)17(14(18)19-15(3,4)5)9-8-16-13-7-6-10-20-11-13/h12-13,16H,6-11H2,1-5H3. The van der Waals surface area contributed by atoms with Gasteiger partial charge in [-0.2, -0.15) is 11.8 Å². The average molecular weight is 302 g/mol. The van der Waals surface area contributed by atoms with Gasteiger partial charge in [-0.05, 0) is 53.2 Å². The van der Waals surface area contributed by atoms with Gasteiger partial charge in [0.05, 0.1) is 0 Å². The van der Waals surface area contributed by atoms with E-state index in [2.05, 4.69) is 5.32 Å². The highest BCUT2D eigenvalue weighted by atomic mass is 32.2. The largest absolute Gasteiger partial charge is 0.444 e. The van der Waals surface area contributed by atoms with Crippen LogP contribution in [0.15, 0.2) is 0 Å². The molecule has 0 aromatic rings. The number of hydrogen-bond acceptors (Lipinski definition) is 4. The molecule has 0 aromatic carbocycles. The smallest absolute Gasteiger partial charge is 0.410 e. The molecule has 0 saturated carbocycles. The summed E-state index contributed by atoms with van der Waals surface area (Å²) in [5.74, 6) is 2.47. The van der Waals surface area contributed by atoms with Crippen LogP contribution in [0.2, 0.25) is 0 Å². The van der Waals surface area contributed by atoms with Crippen LogP contribution in [-0.4, -0.2) is 53.3 Å². The van der Waals surface area contributed by atoms with Crippen LogP contribution in [0.25, 0.3) is 0 Å².